The molecule has 1 aromatic rings. The third-order valence-electron chi connectivity index (χ3n) is 4.97. The lowest BCUT2D eigenvalue weighted by Crippen LogP contribution is -2.39. The highest BCUT2D eigenvalue weighted by Crippen LogP contribution is 2.24. The van der Waals surface area contributed by atoms with E-state index >= 15 is 0 Å². The van der Waals surface area contributed by atoms with Crippen LogP contribution in [-0.2, 0) is 18.3 Å². The van der Waals surface area contributed by atoms with E-state index in [1.165, 1.54) is 24.2 Å². The smallest absolute Gasteiger partial charge is 0.131 e. The number of aliphatic hydroxyl groups excluding tert-OH is 1. The number of anilines is 1. The third kappa shape index (κ3) is 4.27. The zero-order valence-corrected chi connectivity index (χ0v) is 15.0. The lowest BCUT2D eigenvalue weighted by atomic mass is 10.2. The highest BCUT2D eigenvalue weighted by Gasteiger charge is 2.21. The van der Waals surface area contributed by atoms with E-state index in [-0.39, 0.29) is 6.10 Å². The van der Waals surface area contributed by atoms with Crippen molar-refractivity contribution < 1.29 is 9.84 Å². The monoisotopic (exact) mass is 337 g/mol. The Labute approximate surface area is 144 Å². The lowest BCUT2D eigenvalue weighted by molar-refractivity contribution is 0.121. The standard InChI is InChI=1S/C17H31N5O2/c1-14-16(12-18-11-15(23)13-21-5-3-4-6-21)17(20(2)19-14)22-7-9-24-10-8-22/h15,18,23H,3-13H2,1-2H3/t15-/m1/s1. The number of hydrogen-bond acceptors (Lipinski definition) is 6. The summed E-state index contributed by atoms with van der Waals surface area (Å²) in [7, 11) is 2.00. The van der Waals surface area contributed by atoms with Crippen LogP contribution < -0.4 is 10.2 Å². The second-order valence-corrected chi connectivity index (χ2v) is 6.90. The molecule has 7 nitrogen and oxygen atoms in total. The molecule has 1 aromatic heterocycles. The highest BCUT2D eigenvalue weighted by molar-refractivity contribution is 5.50. The Morgan fingerprint density at radius 1 is 1.21 bits per heavy atom. The average molecular weight is 337 g/mol. The van der Waals surface area contributed by atoms with Crippen LogP contribution in [0.4, 0.5) is 5.82 Å². The van der Waals surface area contributed by atoms with E-state index in [2.05, 4.69) is 27.1 Å². The molecule has 1 atom stereocenters. The minimum absolute atomic E-state index is 0.313. The van der Waals surface area contributed by atoms with Crippen molar-refractivity contribution in [2.24, 2.45) is 7.05 Å². The number of likely N-dealkylation sites (tertiary alicyclic amines) is 1. The number of morpholine rings is 1. The fourth-order valence-electron chi connectivity index (χ4n) is 3.76. The fourth-order valence-corrected chi connectivity index (χ4v) is 3.76. The molecule has 3 heterocycles. The van der Waals surface area contributed by atoms with Gasteiger partial charge in [0.15, 0.2) is 0 Å². The number of nitrogens with one attached hydrogen (secondary N) is 1. The first-order valence-corrected chi connectivity index (χ1v) is 9.11. The first-order chi connectivity index (χ1) is 11.6. The summed E-state index contributed by atoms with van der Waals surface area (Å²) in [4.78, 5) is 4.70. The number of β-amino-alcohol motifs (C(OH)–C–C–N with tert-alkyl or cyclic N) is 1. The molecule has 24 heavy (non-hydrogen) atoms. The number of rotatable bonds is 7. The van der Waals surface area contributed by atoms with Gasteiger partial charge in [-0.3, -0.25) is 4.68 Å². The largest absolute Gasteiger partial charge is 0.390 e. The van der Waals surface area contributed by atoms with Crippen LogP contribution in [0.25, 0.3) is 0 Å². The molecule has 0 unspecified atom stereocenters. The van der Waals surface area contributed by atoms with Gasteiger partial charge in [0.05, 0.1) is 25.0 Å². The Hall–Kier alpha value is -1.15. The molecule has 3 rings (SSSR count). The van der Waals surface area contributed by atoms with E-state index in [0.717, 1.165) is 58.2 Å². The highest BCUT2D eigenvalue weighted by atomic mass is 16.5. The molecule has 2 aliphatic heterocycles. The topological polar surface area (TPSA) is 65.8 Å². The molecule has 0 aromatic carbocycles. The number of aryl methyl sites for hydroxylation is 2. The van der Waals surface area contributed by atoms with E-state index in [9.17, 15) is 5.11 Å². The summed E-state index contributed by atoms with van der Waals surface area (Å²) in [5, 5.41) is 18.2. The van der Waals surface area contributed by atoms with Crippen LogP contribution in [0.2, 0.25) is 0 Å². The second kappa shape index (κ2) is 8.29. The molecule has 2 saturated heterocycles. The normalized spacial score (nSPS) is 20.7. The van der Waals surface area contributed by atoms with Crippen LogP contribution in [0.1, 0.15) is 24.1 Å². The number of nitrogens with zero attached hydrogens (tertiary/aromatic N) is 4. The minimum Gasteiger partial charge on any atom is -0.390 e. The van der Waals surface area contributed by atoms with Crippen molar-refractivity contribution in [3.05, 3.63) is 11.3 Å². The van der Waals surface area contributed by atoms with Gasteiger partial charge in [-0.05, 0) is 32.9 Å². The van der Waals surface area contributed by atoms with Crippen molar-refractivity contribution in [2.75, 3.05) is 57.4 Å². The summed E-state index contributed by atoms with van der Waals surface area (Å²) in [6.07, 6.45) is 2.21. The zero-order chi connectivity index (χ0) is 16.9. The van der Waals surface area contributed by atoms with E-state index in [0.29, 0.717) is 6.54 Å². The maximum Gasteiger partial charge on any atom is 0.131 e. The third-order valence-corrected chi connectivity index (χ3v) is 4.97. The van der Waals surface area contributed by atoms with Gasteiger partial charge < -0.3 is 25.0 Å². The van der Waals surface area contributed by atoms with E-state index < -0.39 is 0 Å². The number of ether oxygens (including phenoxy) is 1. The predicted octanol–water partition coefficient (Wildman–Crippen LogP) is 0.111. The molecule has 0 spiro atoms. The first-order valence-electron chi connectivity index (χ1n) is 9.11. The van der Waals surface area contributed by atoms with Crippen LogP contribution in [0, 0.1) is 6.92 Å². The molecular formula is C17H31N5O2. The van der Waals surface area contributed by atoms with Crippen molar-refractivity contribution in [1.29, 1.82) is 0 Å². The summed E-state index contributed by atoms with van der Waals surface area (Å²) in [5.41, 5.74) is 2.29. The Bertz CT molecular complexity index is 521. The SMILES string of the molecule is Cc1nn(C)c(N2CCOCC2)c1CNC[C@@H](O)CN1CCCC1. The van der Waals surface area contributed by atoms with Crippen molar-refractivity contribution in [3.63, 3.8) is 0 Å². The Kier molecular flexibility index (Phi) is 6.10. The van der Waals surface area contributed by atoms with Crippen molar-refractivity contribution in [3.8, 4) is 0 Å². The van der Waals surface area contributed by atoms with E-state index in [1.807, 2.05) is 11.7 Å². The van der Waals surface area contributed by atoms with Gasteiger partial charge in [-0.1, -0.05) is 0 Å². The molecule has 136 valence electrons. The van der Waals surface area contributed by atoms with Gasteiger partial charge in [-0.25, -0.2) is 0 Å². The average Bonchev–Trinajstić information content (AvgIpc) is 3.16. The summed E-state index contributed by atoms with van der Waals surface area (Å²) in [6.45, 7) is 9.79. The molecule has 0 saturated carbocycles. The summed E-state index contributed by atoms with van der Waals surface area (Å²) < 4.78 is 7.43. The van der Waals surface area contributed by atoms with Gasteiger partial charge in [0.1, 0.15) is 5.82 Å². The van der Waals surface area contributed by atoms with Crippen LogP contribution >= 0.6 is 0 Å². The molecule has 2 aliphatic rings. The molecule has 2 fully saturated rings. The van der Waals surface area contributed by atoms with Crippen LogP contribution in [0.3, 0.4) is 0 Å². The summed E-state index contributed by atoms with van der Waals surface area (Å²) in [6, 6.07) is 0. The van der Waals surface area contributed by atoms with E-state index in [4.69, 9.17) is 4.74 Å². The van der Waals surface area contributed by atoms with Gasteiger partial charge in [0.25, 0.3) is 0 Å². The maximum atomic E-state index is 10.2. The van der Waals surface area contributed by atoms with Crippen molar-refractivity contribution in [1.82, 2.24) is 20.0 Å². The quantitative estimate of drug-likeness (QED) is 0.736. The van der Waals surface area contributed by atoms with Crippen LogP contribution in [0.15, 0.2) is 0 Å². The Balaban J connectivity index is 1.54. The maximum absolute atomic E-state index is 10.2. The number of aliphatic hydroxyl groups is 1. The minimum atomic E-state index is -0.313. The molecule has 7 heteroatoms. The summed E-state index contributed by atoms with van der Waals surface area (Å²) in [5.74, 6) is 1.18. The van der Waals surface area contributed by atoms with Gasteiger partial charge in [0, 0.05) is 45.3 Å². The second-order valence-electron chi connectivity index (χ2n) is 6.90. The van der Waals surface area contributed by atoms with Crippen molar-refractivity contribution >= 4 is 5.82 Å². The molecular weight excluding hydrogens is 306 g/mol. The van der Waals surface area contributed by atoms with Gasteiger partial charge in [-0.2, -0.15) is 5.10 Å². The van der Waals surface area contributed by atoms with Gasteiger partial charge >= 0.3 is 0 Å². The Morgan fingerprint density at radius 3 is 2.62 bits per heavy atom. The Morgan fingerprint density at radius 2 is 1.92 bits per heavy atom. The first kappa shape index (κ1) is 17.7. The molecule has 2 N–H and O–H groups in total. The fraction of sp³-hybridized carbons (Fsp3) is 0.824. The molecule has 0 bridgehead atoms. The zero-order valence-electron chi connectivity index (χ0n) is 15.0. The number of aromatic nitrogens is 2. The summed E-state index contributed by atoms with van der Waals surface area (Å²) >= 11 is 0. The lowest BCUT2D eigenvalue weighted by Gasteiger charge is -2.29. The number of hydrogen-bond donors (Lipinski definition) is 2. The van der Waals surface area contributed by atoms with Gasteiger partial charge in [-0.15, -0.1) is 0 Å². The van der Waals surface area contributed by atoms with Crippen molar-refractivity contribution in [2.45, 2.75) is 32.4 Å². The van der Waals surface area contributed by atoms with Gasteiger partial charge in [0.2, 0.25) is 0 Å². The van der Waals surface area contributed by atoms with E-state index in [1.54, 1.807) is 0 Å². The molecule has 0 amide bonds. The molecule has 0 radical (unpaired) electrons. The molecule has 0 aliphatic carbocycles. The van der Waals surface area contributed by atoms with Crippen LogP contribution in [-0.4, -0.2) is 78.4 Å². The van der Waals surface area contributed by atoms with Crippen LogP contribution in [0.5, 0.6) is 0 Å². The predicted molar refractivity (Wildman–Crippen MR) is 94.4 cm³/mol.